The third kappa shape index (κ3) is 5.13. The van der Waals surface area contributed by atoms with Gasteiger partial charge >= 0.3 is 0 Å². The van der Waals surface area contributed by atoms with Gasteiger partial charge in [0.25, 0.3) is 0 Å². The van der Waals surface area contributed by atoms with E-state index in [2.05, 4.69) is 206 Å². The van der Waals surface area contributed by atoms with E-state index < -0.39 is 0 Å². The lowest BCUT2D eigenvalue weighted by Crippen LogP contribution is -1.97. The molecule has 16 aromatic rings. The van der Waals surface area contributed by atoms with E-state index in [1.54, 1.807) is 0 Å². The van der Waals surface area contributed by atoms with Gasteiger partial charge in [-0.2, -0.15) is 0 Å². The molecule has 0 aliphatic carbocycles. The number of hydrogen-bond acceptors (Lipinski definition) is 5. The minimum Gasteiger partial charge on any atom is -0.455 e. The number of benzene rings is 12. The van der Waals surface area contributed by atoms with Gasteiger partial charge in [-0.05, 0) is 107 Å². The highest BCUT2D eigenvalue weighted by Gasteiger charge is 2.26. The standard InChI is InChI=1S/C64H34N2O3/c1-7-19-41-35(13-1)25-28-52-55(41)58-44-22-10-4-16-38(44)31-47(61(58)67-52)50-34-51(48-32-39-17-5-11-23-45(39)59-56-42-20-8-2-14-36(42)26-29-53(56)68-62(48)59)66-64(65-50)49-33-40-18-6-12-24-46(40)60-57-43-21-9-3-15-37(43)27-30-54(57)69-63(49)60/h1-34H. The SMILES string of the molecule is c1ccc2c(c1)ccc1oc3c(-c4cc(-c5cc6ccccc6c6c5oc5ccc7ccccc7c56)nc(-c5cc6ccccc6c6c5oc5ccc7ccccc7c56)n4)cc4ccccc4c3c12. The minimum atomic E-state index is 0.535. The summed E-state index contributed by atoms with van der Waals surface area (Å²) in [6, 6.07) is 72.8. The fourth-order valence-corrected chi connectivity index (χ4v) is 11.6. The predicted molar refractivity (Wildman–Crippen MR) is 285 cm³/mol. The Bertz CT molecular complexity index is 4410. The molecule has 4 heterocycles. The van der Waals surface area contributed by atoms with Crippen LogP contribution in [0.4, 0.5) is 0 Å². The van der Waals surface area contributed by atoms with Crippen molar-refractivity contribution in [3.8, 4) is 33.9 Å². The van der Waals surface area contributed by atoms with Gasteiger partial charge in [-0.1, -0.05) is 164 Å². The maximum atomic E-state index is 7.07. The summed E-state index contributed by atoms with van der Waals surface area (Å²) in [6.07, 6.45) is 0. The monoisotopic (exact) mass is 878 g/mol. The third-order valence-electron chi connectivity index (χ3n) is 14.6. The highest BCUT2D eigenvalue weighted by Crippen LogP contribution is 2.48. The molecule has 16 rings (SSSR count). The predicted octanol–water partition coefficient (Wildman–Crippen LogP) is 18.1. The summed E-state index contributed by atoms with van der Waals surface area (Å²) in [6.45, 7) is 0. The number of furan rings is 3. The lowest BCUT2D eigenvalue weighted by atomic mass is 9.94. The summed E-state index contributed by atoms with van der Waals surface area (Å²) in [4.78, 5) is 11.3. The van der Waals surface area contributed by atoms with E-state index in [1.807, 2.05) is 0 Å². The molecule has 318 valence electrons. The van der Waals surface area contributed by atoms with Crippen LogP contribution in [0, 0.1) is 0 Å². The van der Waals surface area contributed by atoms with Gasteiger partial charge in [-0.3, -0.25) is 0 Å². The summed E-state index contributed by atoms with van der Waals surface area (Å²) in [5.74, 6) is 0.535. The van der Waals surface area contributed by atoms with Crippen molar-refractivity contribution in [2.75, 3.05) is 0 Å². The number of hydrogen-bond donors (Lipinski definition) is 0. The Morgan fingerprint density at radius 3 is 0.899 bits per heavy atom. The molecule has 4 aromatic heterocycles. The zero-order chi connectivity index (χ0) is 44.9. The van der Waals surface area contributed by atoms with Crippen LogP contribution in [-0.2, 0) is 0 Å². The van der Waals surface area contributed by atoms with Crippen LogP contribution >= 0.6 is 0 Å². The fraction of sp³-hybridized carbons (Fsp3) is 0. The Labute approximate surface area is 392 Å². The highest BCUT2D eigenvalue weighted by atomic mass is 16.3. The molecular weight excluding hydrogens is 845 g/mol. The minimum absolute atomic E-state index is 0.535. The average Bonchev–Trinajstić information content (AvgIpc) is 4.13. The van der Waals surface area contributed by atoms with Crippen molar-refractivity contribution in [3.05, 3.63) is 206 Å². The number of nitrogens with zero attached hydrogens (tertiary/aromatic N) is 2. The maximum absolute atomic E-state index is 7.07. The molecule has 0 atom stereocenters. The molecule has 12 aromatic carbocycles. The van der Waals surface area contributed by atoms with Crippen LogP contribution in [0.3, 0.4) is 0 Å². The second-order valence-corrected chi connectivity index (χ2v) is 18.3. The van der Waals surface area contributed by atoms with Crippen molar-refractivity contribution in [3.63, 3.8) is 0 Å². The molecule has 0 spiro atoms. The molecule has 0 N–H and O–H groups in total. The molecule has 69 heavy (non-hydrogen) atoms. The quantitative estimate of drug-likeness (QED) is 0.177. The largest absolute Gasteiger partial charge is 0.455 e. The van der Waals surface area contributed by atoms with E-state index in [1.165, 1.54) is 0 Å². The lowest BCUT2D eigenvalue weighted by Gasteiger charge is -2.13. The van der Waals surface area contributed by atoms with Crippen LogP contribution in [0.5, 0.6) is 0 Å². The Morgan fingerprint density at radius 1 is 0.246 bits per heavy atom. The van der Waals surface area contributed by atoms with E-state index >= 15 is 0 Å². The maximum Gasteiger partial charge on any atom is 0.164 e. The first-order valence-electron chi connectivity index (χ1n) is 23.4. The van der Waals surface area contributed by atoms with Crippen molar-refractivity contribution < 1.29 is 13.3 Å². The summed E-state index contributed by atoms with van der Waals surface area (Å²) < 4.78 is 21.2. The third-order valence-corrected chi connectivity index (χ3v) is 14.6. The van der Waals surface area contributed by atoms with Gasteiger partial charge in [0.1, 0.15) is 33.5 Å². The van der Waals surface area contributed by atoms with Crippen LogP contribution in [0.15, 0.2) is 220 Å². The molecule has 5 heteroatoms. The van der Waals surface area contributed by atoms with Crippen LogP contribution in [0.25, 0.3) is 164 Å². The molecule has 5 nitrogen and oxygen atoms in total. The van der Waals surface area contributed by atoms with E-state index in [-0.39, 0.29) is 0 Å². The summed E-state index contributed by atoms with van der Waals surface area (Å²) >= 11 is 0. The molecule has 0 fully saturated rings. The highest BCUT2D eigenvalue weighted by molar-refractivity contribution is 6.31. The smallest absolute Gasteiger partial charge is 0.164 e. The molecule has 0 bridgehead atoms. The first-order valence-corrected chi connectivity index (χ1v) is 23.4. The zero-order valence-electron chi connectivity index (χ0n) is 36.7. The van der Waals surface area contributed by atoms with Crippen LogP contribution < -0.4 is 0 Å². The summed E-state index contributed by atoms with van der Waals surface area (Å²) in [5, 5.41) is 19.9. The van der Waals surface area contributed by atoms with Gasteiger partial charge in [0.2, 0.25) is 0 Å². The first-order chi connectivity index (χ1) is 34.2. The summed E-state index contributed by atoms with van der Waals surface area (Å²) in [5.41, 5.74) is 8.73. The molecular formula is C64H34N2O3. The summed E-state index contributed by atoms with van der Waals surface area (Å²) in [7, 11) is 0. The van der Waals surface area contributed by atoms with Gasteiger partial charge in [0.15, 0.2) is 5.82 Å². The topological polar surface area (TPSA) is 65.2 Å². The number of fused-ring (bicyclic) bond motifs is 21. The van der Waals surface area contributed by atoms with Crippen LogP contribution in [-0.4, -0.2) is 9.97 Å². The van der Waals surface area contributed by atoms with Crippen molar-refractivity contribution in [2.24, 2.45) is 0 Å². The Morgan fingerprint density at radius 2 is 0.536 bits per heavy atom. The average molecular weight is 879 g/mol. The molecule has 0 saturated carbocycles. The number of rotatable bonds is 3. The van der Waals surface area contributed by atoms with E-state index in [4.69, 9.17) is 23.2 Å². The second-order valence-electron chi connectivity index (χ2n) is 18.3. The van der Waals surface area contributed by atoms with Crippen LogP contribution in [0.1, 0.15) is 0 Å². The zero-order valence-corrected chi connectivity index (χ0v) is 36.7. The first kappa shape index (κ1) is 36.8. The van der Waals surface area contributed by atoms with Gasteiger partial charge in [-0.15, -0.1) is 0 Å². The van der Waals surface area contributed by atoms with Gasteiger partial charge in [-0.25, -0.2) is 9.97 Å². The van der Waals surface area contributed by atoms with Crippen molar-refractivity contribution in [2.45, 2.75) is 0 Å². The Balaban J connectivity index is 1.07. The lowest BCUT2D eigenvalue weighted by molar-refractivity contribution is 0.670. The van der Waals surface area contributed by atoms with Crippen molar-refractivity contribution in [1.29, 1.82) is 0 Å². The molecule has 0 saturated heterocycles. The van der Waals surface area contributed by atoms with Crippen LogP contribution in [0.2, 0.25) is 0 Å². The Hall–Kier alpha value is -9.32. The normalized spacial score (nSPS) is 12.3. The molecule has 0 aliphatic rings. The van der Waals surface area contributed by atoms with Crippen molar-refractivity contribution >= 4 is 130 Å². The van der Waals surface area contributed by atoms with Gasteiger partial charge in [0, 0.05) is 43.4 Å². The van der Waals surface area contributed by atoms with E-state index in [9.17, 15) is 0 Å². The number of aromatic nitrogens is 2. The van der Waals surface area contributed by atoms with E-state index in [0.717, 1.165) is 159 Å². The molecule has 0 radical (unpaired) electrons. The molecule has 0 amide bonds. The van der Waals surface area contributed by atoms with Crippen molar-refractivity contribution in [1.82, 2.24) is 9.97 Å². The molecule has 0 aliphatic heterocycles. The second kappa shape index (κ2) is 13.6. The van der Waals surface area contributed by atoms with Gasteiger partial charge in [0.05, 0.1) is 17.0 Å². The van der Waals surface area contributed by atoms with Gasteiger partial charge < -0.3 is 13.3 Å². The molecule has 0 unspecified atom stereocenters. The van der Waals surface area contributed by atoms with E-state index in [0.29, 0.717) is 5.82 Å². The fourth-order valence-electron chi connectivity index (χ4n) is 11.6. The Kier molecular flexibility index (Phi) is 7.28.